The summed E-state index contributed by atoms with van der Waals surface area (Å²) in [5.74, 6) is 6.70. The van der Waals surface area contributed by atoms with Crippen LogP contribution in [0.2, 0.25) is 0 Å². The summed E-state index contributed by atoms with van der Waals surface area (Å²) < 4.78 is 6.39. The van der Waals surface area contributed by atoms with E-state index in [1.165, 1.54) is 36.2 Å². The van der Waals surface area contributed by atoms with Crippen LogP contribution >= 0.6 is 11.3 Å². The summed E-state index contributed by atoms with van der Waals surface area (Å²) in [5, 5.41) is 10.2. The Balaban J connectivity index is 1.32. The van der Waals surface area contributed by atoms with Crippen molar-refractivity contribution in [2.45, 2.75) is 117 Å². The summed E-state index contributed by atoms with van der Waals surface area (Å²) in [6.45, 7) is 11.6. The third kappa shape index (κ3) is 8.63. The molecule has 0 bridgehead atoms. The molecular formula is C36H49N3O4S. The first-order chi connectivity index (χ1) is 21.1. The number of carbonyl (C=O) groups is 2. The Bertz CT molecular complexity index is 1350. The van der Waals surface area contributed by atoms with Gasteiger partial charge in [0.2, 0.25) is 11.8 Å². The van der Waals surface area contributed by atoms with Crippen molar-refractivity contribution in [3.8, 4) is 17.7 Å². The second-order valence-corrected chi connectivity index (χ2v) is 15.2. The maximum Gasteiger partial charge on any atom is 0.348 e. The van der Waals surface area contributed by atoms with Crippen LogP contribution < -0.4 is 9.64 Å². The van der Waals surface area contributed by atoms with Crippen molar-refractivity contribution in [2.75, 3.05) is 18.0 Å². The number of carboxylic acid groups (broad SMARTS) is 1. The van der Waals surface area contributed by atoms with E-state index in [2.05, 4.69) is 40.8 Å². The Kier molecular flexibility index (Phi) is 10.7. The Labute approximate surface area is 267 Å². The number of thiophene rings is 1. The zero-order valence-corrected chi connectivity index (χ0v) is 27.8. The predicted molar refractivity (Wildman–Crippen MR) is 176 cm³/mol. The number of nitrogens with zero attached hydrogens (tertiary/aromatic N) is 3. The van der Waals surface area contributed by atoms with E-state index in [1.54, 1.807) is 0 Å². The van der Waals surface area contributed by atoms with Gasteiger partial charge in [-0.25, -0.2) is 9.78 Å². The molecule has 8 heteroatoms. The Hall–Kier alpha value is -2.89. The molecule has 1 amide bonds. The first-order valence-corrected chi connectivity index (χ1v) is 17.4. The molecule has 0 atom stereocenters. The van der Waals surface area contributed by atoms with Crippen molar-refractivity contribution >= 4 is 28.9 Å². The molecule has 3 fully saturated rings. The number of aromatic carboxylic acids is 1. The van der Waals surface area contributed by atoms with Crippen molar-refractivity contribution in [1.82, 2.24) is 9.88 Å². The number of carboxylic acids is 1. The monoisotopic (exact) mass is 619 g/mol. The first-order valence-electron chi connectivity index (χ1n) is 16.6. The third-order valence-corrected chi connectivity index (χ3v) is 10.3. The van der Waals surface area contributed by atoms with E-state index in [0.29, 0.717) is 22.4 Å². The fourth-order valence-electron chi connectivity index (χ4n) is 6.80. The molecule has 0 aromatic carbocycles. The number of aromatic nitrogens is 1. The summed E-state index contributed by atoms with van der Waals surface area (Å²) in [6, 6.07) is 5.92. The van der Waals surface area contributed by atoms with Crippen molar-refractivity contribution in [3.05, 3.63) is 39.7 Å². The van der Waals surface area contributed by atoms with Gasteiger partial charge >= 0.3 is 5.97 Å². The highest BCUT2D eigenvalue weighted by Crippen LogP contribution is 2.39. The van der Waals surface area contributed by atoms with Crippen molar-refractivity contribution in [1.29, 1.82) is 0 Å². The lowest BCUT2D eigenvalue weighted by atomic mass is 9.81. The second kappa shape index (κ2) is 14.5. The molecule has 5 rings (SSSR count). The summed E-state index contributed by atoms with van der Waals surface area (Å²) >= 11 is 1.18. The van der Waals surface area contributed by atoms with Gasteiger partial charge in [0, 0.05) is 36.2 Å². The average Bonchev–Trinajstić information content (AvgIpc) is 3.42. The standard InChI is InChI=1S/C36H49N3O4S/c1-25-8-10-27(11-9-25)34(40)39(31-23-30(16-18-36(2,3)4)44-33(31)35(41)42)28-12-14-29(15-13-28)43-32-22-26(17-19-37-32)24-38-20-6-5-7-21-38/h17,19,22-23,25,27-29H,5-15,20-21,24H2,1-4H3,(H,41,42)/t25?,27?,28-,29-. The molecule has 238 valence electrons. The van der Waals surface area contributed by atoms with Gasteiger partial charge in [0.25, 0.3) is 0 Å². The Morgan fingerprint density at radius 2 is 1.75 bits per heavy atom. The zero-order chi connectivity index (χ0) is 31.3. The van der Waals surface area contributed by atoms with Crippen LogP contribution in [-0.4, -0.2) is 52.1 Å². The highest BCUT2D eigenvalue weighted by molar-refractivity contribution is 7.15. The van der Waals surface area contributed by atoms with E-state index in [0.717, 1.165) is 71.0 Å². The lowest BCUT2D eigenvalue weighted by Gasteiger charge is -2.39. The van der Waals surface area contributed by atoms with Crippen LogP contribution in [0, 0.1) is 29.1 Å². The molecule has 3 aliphatic rings. The van der Waals surface area contributed by atoms with E-state index in [9.17, 15) is 14.7 Å². The first kappa shape index (κ1) is 32.5. The molecule has 7 nitrogen and oxygen atoms in total. The van der Waals surface area contributed by atoms with Gasteiger partial charge in [-0.3, -0.25) is 9.69 Å². The zero-order valence-electron chi connectivity index (χ0n) is 26.9. The molecule has 0 radical (unpaired) electrons. The number of carbonyl (C=O) groups excluding carboxylic acids is 1. The number of ether oxygens (including phenoxy) is 1. The number of hydrogen-bond acceptors (Lipinski definition) is 6. The minimum atomic E-state index is -1.00. The van der Waals surface area contributed by atoms with Crippen LogP contribution in [0.5, 0.6) is 5.88 Å². The van der Waals surface area contributed by atoms with Crippen LogP contribution in [0.1, 0.15) is 118 Å². The van der Waals surface area contributed by atoms with Crippen molar-refractivity contribution < 1.29 is 19.4 Å². The molecule has 0 unspecified atom stereocenters. The summed E-state index contributed by atoms with van der Waals surface area (Å²) in [5.41, 5.74) is 1.54. The smallest absolute Gasteiger partial charge is 0.348 e. The molecule has 1 saturated heterocycles. The lowest BCUT2D eigenvalue weighted by Crippen LogP contribution is -2.47. The number of rotatable bonds is 8. The number of likely N-dealkylation sites (tertiary alicyclic amines) is 1. The maximum atomic E-state index is 14.2. The molecule has 2 saturated carbocycles. The minimum Gasteiger partial charge on any atom is -0.477 e. The van der Waals surface area contributed by atoms with Gasteiger partial charge in [0.05, 0.1) is 10.6 Å². The van der Waals surface area contributed by atoms with Crippen LogP contribution in [0.3, 0.4) is 0 Å². The SMILES string of the molecule is CC1CCC(C(=O)N(c2cc(C#CC(C)(C)C)sc2C(=O)O)[C@H]2CC[C@H](Oc3cc(CN4CCCCC4)ccn3)CC2)CC1. The summed E-state index contributed by atoms with van der Waals surface area (Å²) in [6.07, 6.45) is 12.6. The molecular weight excluding hydrogens is 570 g/mol. The van der Waals surface area contributed by atoms with Gasteiger partial charge in [-0.1, -0.05) is 25.2 Å². The van der Waals surface area contributed by atoms with Crippen molar-refractivity contribution in [3.63, 3.8) is 0 Å². The highest BCUT2D eigenvalue weighted by Gasteiger charge is 2.38. The van der Waals surface area contributed by atoms with Gasteiger partial charge in [0.1, 0.15) is 11.0 Å². The number of pyridine rings is 1. The van der Waals surface area contributed by atoms with E-state index in [-0.39, 0.29) is 34.3 Å². The highest BCUT2D eigenvalue weighted by atomic mass is 32.1. The quantitative estimate of drug-likeness (QED) is 0.304. The largest absolute Gasteiger partial charge is 0.477 e. The lowest BCUT2D eigenvalue weighted by molar-refractivity contribution is -0.124. The molecule has 2 aliphatic carbocycles. The van der Waals surface area contributed by atoms with Gasteiger partial charge in [0.15, 0.2) is 0 Å². The molecule has 44 heavy (non-hydrogen) atoms. The topological polar surface area (TPSA) is 83.0 Å². The number of hydrogen-bond donors (Lipinski definition) is 1. The molecule has 1 N–H and O–H groups in total. The molecule has 0 spiro atoms. The fraction of sp³-hybridized carbons (Fsp3) is 0.639. The van der Waals surface area contributed by atoms with Crippen LogP contribution in [0.15, 0.2) is 24.4 Å². The molecule has 1 aliphatic heterocycles. The fourth-order valence-corrected chi connectivity index (χ4v) is 7.65. The molecule has 3 heterocycles. The van der Waals surface area contributed by atoms with E-state index in [1.807, 2.05) is 37.9 Å². The van der Waals surface area contributed by atoms with Gasteiger partial charge < -0.3 is 14.7 Å². The van der Waals surface area contributed by atoms with Gasteiger partial charge in [-0.2, -0.15) is 0 Å². The summed E-state index contributed by atoms with van der Waals surface area (Å²) in [7, 11) is 0. The number of amides is 1. The number of piperidine rings is 1. The normalized spacial score (nSPS) is 24.6. The second-order valence-electron chi connectivity index (χ2n) is 14.2. The van der Waals surface area contributed by atoms with Gasteiger partial charge in [-0.05, 0) is 122 Å². The molecule has 2 aromatic heterocycles. The Morgan fingerprint density at radius 3 is 2.41 bits per heavy atom. The van der Waals surface area contributed by atoms with Crippen LogP contribution in [0.25, 0.3) is 0 Å². The van der Waals surface area contributed by atoms with E-state index >= 15 is 0 Å². The minimum absolute atomic E-state index is 0.0195. The Morgan fingerprint density at radius 1 is 1.05 bits per heavy atom. The van der Waals surface area contributed by atoms with Gasteiger partial charge in [-0.15, -0.1) is 11.3 Å². The van der Waals surface area contributed by atoms with E-state index in [4.69, 9.17) is 4.74 Å². The number of anilines is 1. The molecule has 2 aromatic rings. The predicted octanol–water partition coefficient (Wildman–Crippen LogP) is 7.77. The third-order valence-electron chi connectivity index (χ3n) is 9.28. The maximum absolute atomic E-state index is 14.2. The van der Waals surface area contributed by atoms with Crippen molar-refractivity contribution in [2.24, 2.45) is 17.3 Å². The van der Waals surface area contributed by atoms with E-state index < -0.39 is 5.97 Å². The summed E-state index contributed by atoms with van der Waals surface area (Å²) in [4.78, 5) is 36.5. The average molecular weight is 620 g/mol. The van der Waals surface area contributed by atoms with Crippen LogP contribution in [0.4, 0.5) is 5.69 Å². The van der Waals surface area contributed by atoms with Crippen LogP contribution in [-0.2, 0) is 11.3 Å².